The van der Waals surface area contributed by atoms with E-state index in [1.807, 2.05) is 13.8 Å². The second-order valence-electron chi connectivity index (χ2n) is 5.42. The Balaban J connectivity index is 2.46. The van der Waals surface area contributed by atoms with Gasteiger partial charge in [0, 0.05) is 19.3 Å². The molecule has 7 heteroatoms. The van der Waals surface area contributed by atoms with Gasteiger partial charge in [0.1, 0.15) is 5.69 Å². The van der Waals surface area contributed by atoms with E-state index in [1.165, 1.54) is 0 Å². The van der Waals surface area contributed by atoms with Crippen molar-refractivity contribution >= 4 is 11.8 Å². The molecule has 3 N–H and O–H groups in total. The summed E-state index contributed by atoms with van der Waals surface area (Å²) in [5.74, 6) is 0.113. The Kier molecular flexibility index (Phi) is 4.22. The first-order valence-electron chi connectivity index (χ1n) is 7.01. The normalized spacial score (nSPS) is 21.4. The van der Waals surface area contributed by atoms with Gasteiger partial charge < -0.3 is 16.0 Å². The van der Waals surface area contributed by atoms with Gasteiger partial charge in [-0.05, 0) is 32.8 Å². The molecule has 7 nitrogen and oxygen atoms in total. The number of rotatable bonds is 3. The molecule has 1 saturated heterocycles. The first-order valence-corrected chi connectivity index (χ1v) is 7.01. The number of nitrogens with zero attached hydrogens (tertiary/aromatic N) is 3. The van der Waals surface area contributed by atoms with Crippen LogP contribution in [0.5, 0.6) is 0 Å². The highest BCUT2D eigenvalue weighted by Gasteiger charge is 2.43. The summed E-state index contributed by atoms with van der Waals surface area (Å²) in [4.78, 5) is 34.4. The summed E-state index contributed by atoms with van der Waals surface area (Å²) in [7, 11) is 1.56. The van der Waals surface area contributed by atoms with Crippen molar-refractivity contribution in [2.45, 2.75) is 32.2 Å². The monoisotopic (exact) mass is 291 g/mol. The van der Waals surface area contributed by atoms with Crippen LogP contribution in [-0.4, -0.2) is 46.8 Å². The first kappa shape index (κ1) is 15.4. The predicted molar refractivity (Wildman–Crippen MR) is 77.5 cm³/mol. The quantitative estimate of drug-likeness (QED) is 0.812. The Hall–Kier alpha value is -2.02. The third kappa shape index (κ3) is 2.73. The van der Waals surface area contributed by atoms with Gasteiger partial charge >= 0.3 is 0 Å². The number of aromatic nitrogens is 2. The van der Waals surface area contributed by atoms with E-state index in [0.717, 1.165) is 12.8 Å². The lowest BCUT2D eigenvalue weighted by Gasteiger charge is -2.34. The molecule has 0 bridgehead atoms. The smallest absolute Gasteiger partial charge is 0.269 e. The molecule has 0 saturated carbocycles. The molecule has 1 atom stereocenters. The zero-order chi connectivity index (χ0) is 15.6. The van der Waals surface area contributed by atoms with Crippen molar-refractivity contribution in [1.29, 1.82) is 0 Å². The number of nitrogens with two attached hydrogens (primary N) is 1. The summed E-state index contributed by atoms with van der Waals surface area (Å²) >= 11 is 0. The molecule has 1 fully saturated rings. The number of likely N-dealkylation sites (tertiary alicyclic amines) is 1. The van der Waals surface area contributed by atoms with Crippen LogP contribution in [0, 0.1) is 6.92 Å². The van der Waals surface area contributed by atoms with Gasteiger partial charge in [0.05, 0.1) is 12.1 Å². The van der Waals surface area contributed by atoms with Gasteiger partial charge in [-0.25, -0.2) is 9.97 Å². The van der Waals surface area contributed by atoms with E-state index in [0.29, 0.717) is 23.8 Å². The predicted octanol–water partition coefficient (Wildman–Crippen LogP) is -0.0591. The van der Waals surface area contributed by atoms with Crippen molar-refractivity contribution in [3.05, 3.63) is 23.3 Å². The molecule has 1 aliphatic heterocycles. The summed E-state index contributed by atoms with van der Waals surface area (Å²) in [6.07, 6.45) is 1.63. The van der Waals surface area contributed by atoms with Crippen LogP contribution < -0.4 is 11.1 Å². The topological polar surface area (TPSA) is 101 Å². The number of aryl methyl sites for hydroxylation is 1. The van der Waals surface area contributed by atoms with Crippen LogP contribution in [0.4, 0.5) is 0 Å². The molecule has 2 rings (SSSR count). The van der Waals surface area contributed by atoms with Crippen LogP contribution in [0.2, 0.25) is 0 Å². The van der Waals surface area contributed by atoms with E-state index in [-0.39, 0.29) is 18.4 Å². The van der Waals surface area contributed by atoms with Crippen molar-refractivity contribution in [3.8, 4) is 0 Å². The van der Waals surface area contributed by atoms with Crippen molar-refractivity contribution < 1.29 is 9.59 Å². The van der Waals surface area contributed by atoms with Gasteiger partial charge in [-0.15, -0.1) is 0 Å². The molecule has 2 amide bonds. The molecule has 0 aromatic carbocycles. The summed E-state index contributed by atoms with van der Waals surface area (Å²) in [5.41, 5.74) is 5.89. The number of hydrogen-bond donors (Lipinski definition) is 2. The molecular weight excluding hydrogens is 270 g/mol. The Morgan fingerprint density at radius 3 is 2.81 bits per heavy atom. The fourth-order valence-corrected chi connectivity index (χ4v) is 2.76. The third-order valence-electron chi connectivity index (χ3n) is 3.91. The molecule has 114 valence electrons. The minimum absolute atomic E-state index is 0.0380. The molecule has 1 aromatic rings. The van der Waals surface area contributed by atoms with E-state index < -0.39 is 5.54 Å². The molecule has 1 aliphatic rings. The fourth-order valence-electron chi connectivity index (χ4n) is 2.76. The molecule has 0 aliphatic carbocycles. The largest absolute Gasteiger partial charge is 0.354 e. The third-order valence-corrected chi connectivity index (χ3v) is 3.91. The lowest BCUT2D eigenvalue weighted by atomic mass is 9.97. The summed E-state index contributed by atoms with van der Waals surface area (Å²) in [6, 6.07) is 1.63. The maximum atomic E-state index is 12.0. The highest BCUT2D eigenvalue weighted by atomic mass is 16.2. The van der Waals surface area contributed by atoms with E-state index in [1.54, 1.807) is 18.0 Å². The molecule has 2 heterocycles. The van der Waals surface area contributed by atoms with Gasteiger partial charge in [0.15, 0.2) is 5.82 Å². The molecule has 1 aromatic heterocycles. The van der Waals surface area contributed by atoms with E-state index in [9.17, 15) is 9.59 Å². The zero-order valence-corrected chi connectivity index (χ0v) is 12.6. The van der Waals surface area contributed by atoms with Crippen LogP contribution in [0.3, 0.4) is 0 Å². The van der Waals surface area contributed by atoms with Crippen LogP contribution in [0.15, 0.2) is 6.07 Å². The molecule has 0 radical (unpaired) electrons. The van der Waals surface area contributed by atoms with Crippen LogP contribution in [0.25, 0.3) is 0 Å². The molecule has 21 heavy (non-hydrogen) atoms. The second-order valence-corrected chi connectivity index (χ2v) is 5.42. The van der Waals surface area contributed by atoms with Crippen LogP contribution in [0.1, 0.15) is 41.8 Å². The summed E-state index contributed by atoms with van der Waals surface area (Å²) < 4.78 is 0. The maximum absolute atomic E-state index is 12.0. The van der Waals surface area contributed by atoms with Gasteiger partial charge in [0.2, 0.25) is 5.91 Å². The lowest BCUT2D eigenvalue weighted by Crippen LogP contribution is -2.46. The van der Waals surface area contributed by atoms with Crippen LogP contribution >= 0.6 is 0 Å². The minimum atomic E-state index is -0.606. The second kappa shape index (κ2) is 5.77. The summed E-state index contributed by atoms with van der Waals surface area (Å²) in [5, 5.41) is 2.55. The van der Waals surface area contributed by atoms with E-state index in [4.69, 9.17) is 5.73 Å². The zero-order valence-electron chi connectivity index (χ0n) is 12.6. The van der Waals surface area contributed by atoms with Crippen LogP contribution in [-0.2, 0) is 10.3 Å². The standard InChI is InChI=1S/C14H21N5O2/c1-9-7-10(12(21)16-3)18-13(17-9)14(2)5-4-6-19(14)11(20)8-15/h7H,4-6,8,15H2,1-3H3,(H,16,21)/t14-/m0/s1. The number of carbonyl (C=O) groups is 2. The number of nitrogens with one attached hydrogen (secondary N) is 1. The highest BCUT2D eigenvalue weighted by Crippen LogP contribution is 2.36. The summed E-state index contributed by atoms with van der Waals surface area (Å²) in [6.45, 7) is 4.34. The van der Waals surface area contributed by atoms with Gasteiger partial charge in [-0.1, -0.05) is 0 Å². The number of amides is 2. The van der Waals surface area contributed by atoms with E-state index in [2.05, 4.69) is 15.3 Å². The average Bonchev–Trinajstić information content (AvgIpc) is 2.88. The van der Waals surface area contributed by atoms with Gasteiger partial charge in [-0.3, -0.25) is 9.59 Å². The number of hydrogen-bond acceptors (Lipinski definition) is 5. The SMILES string of the molecule is CNC(=O)c1cc(C)nc([C@]2(C)CCCN2C(=O)CN)n1. The Morgan fingerprint density at radius 1 is 1.48 bits per heavy atom. The van der Waals surface area contributed by atoms with E-state index >= 15 is 0 Å². The van der Waals surface area contributed by atoms with Crippen molar-refractivity contribution in [2.24, 2.45) is 5.73 Å². The van der Waals surface area contributed by atoms with Crippen molar-refractivity contribution in [3.63, 3.8) is 0 Å². The highest BCUT2D eigenvalue weighted by molar-refractivity contribution is 5.92. The average molecular weight is 291 g/mol. The van der Waals surface area contributed by atoms with Crippen molar-refractivity contribution in [2.75, 3.05) is 20.1 Å². The Morgan fingerprint density at radius 2 is 2.19 bits per heavy atom. The molecule has 0 spiro atoms. The lowest BCUT2D eigenvalue weighted by molar-refractivity contribution is -0.133. The fraction of sp³-hybridized carbons (Fsp3) is 0.571. The van der Waals surface area contributed by atoms with Gasteiger partial charge in [0.25, 0.3) is 5.91 Å². The van der Waals surface area contributed by atoms with Crippen molar-refractivity contribution in [1.82, 2.24) is 20.2 Å². The molecule has 0 unspecified atom stereocenters. The maximum Gasteiger partial charge on any atom is 0.269 e. The molecular formula is C14H21N5O2. The van der Waals surface area contributed by atoms with Gasteiger partial charge in [-0.2, -0.15) is 0 Å². The minimum Gasteiger partial charge on any atom is -0.354 e. The number of carbonyl (C=O) groups excluding carboxylic acids is 2. The first-order chi connectivity index (χ1) is 9.92. The Bertz CT molecular complexity index is 574. The Labute approximate surface area is 123 Å².